The molecule has 1 fully saturated rings. The summed E-state index contributed by atoms with van der Waals surface area (Å²) in [5.74, 6) is -1.02. The van der Waals surface area contributed by atoms with Gasteiger partial charge in [-0.1, -0.05) is 17.7 Å². The normalized spacial score (nSPS) is 13.8. The minimum absolute atomic E-state index is 0.258. The first-order chi connectivity index (χ1) is 11.0. The van der Waals surface area contributed by atoms with Crippen LogP contribution < -0.4 is 5.73 Å². The molecule has 1 amide bonds. The van der Waals surface area contributed by atoms with Crippen LogP contribution in [0.1, 0.15) is 40.4 Å². The van der Waals surface area contributed by atoms with Crippen molar-refractivity contribution in [3.05, 3.63) is 46.2 Å². The molecule has 1 saturated carbocycles. The van der Waals surface area contributed by atoms with Crippen molar-refractivity contribution in [2.45, 2.75) is 25.7 Å². The summed E-state index contributed by atoms with van der Waals surface area (Å²) < 4.78 is 6.62. The van der Waals surface area contributed by atoms with Gasteiger partial charge in [0.25, 0.3) is 5.91 Å². The highest BCUT2D eigenvalue weighted by molar-refractivity contribution is 6.31. The third-order valence-corrected chi connectivity index (χ3v) is 4.14. The van der Waals surface area contributed by atoms with Crippen LogP contribution in [0.5, 0.6) is 0 Å². The predicted molar refractivity (Wildman–Crippen MR) is 84.8 cm³/mol. The van der Waals surface area contributed by atoms with E-state index in [0.717, 1.165) is 29.8 Å². The number of aryl methyl sites for hydroxylation is 1. The maximum atomic E-state index is 12.2. The summed E-state index contributed by atoms with van der Waals surface area (Å²) in [7, 11) is 0. The van der Waals surface area contributed by atoms with Gasteiger partial charge in [0.2, 0.25) is 0 Å². The Morgan fingerprint density at radius 3 is 2.78 bits per heavy atom. The minimum atomic E-state index is -0.691. The summed E-state index contributed by atoms with van der Waals surface area (Å²) in [5, 5.41) is 4.94. The van der Waals surface area contributed by atoms with Crippen molar-refractivity contribution in [1.82, 2.24) is 9.78 Å². The molecular formula is C16H16ClN3O3. The number of carbonyl (C=O) groups is 2. The molecule has 23 heavy (non-hydrogen) atoms. The van der Waals surface area contributed by atoms with Gasteiger partial charge < -0.3 is 10.5 Å². The standard InChI is InChI=1S/C16H16ClN3O3/c1-9-2-5-11(6-13(9)17)20-15(10-3-4-10)12(7-19-20)16(22)23-8-14(18)21/h2,5-7,10H,3-4,8H2,1H3,(H2,18,21). The molecule has 3 rings (SSSR count). The number of halogens is 1. The fraction of sp³-hybridized carbons (Fsp3) is 0.312. The zero-order valence-electron chi connectivity index (χ0n) is 12.6. The lowest BCUT2D eigenvalue weighted by Gasteiger charge is -2.10. The molecule has 0 atom stereocenters. The van der Waals surface area contributed by atoms with E-state index in [0.29, 0.717) is 10.6 Å². The molecule has 7 heteroatoms. The Morgan fingerprint density at radius 1 is 1.43 bits per heavy atom. The predicted octanol–water partition coefficient (Wildman–Crippen LogP) is 2.35. The fourth-order valence-corrected chi connectivity index (χ4v) is 2.57. The second-order valence-electron chi connectivity index (χ2n) is 5.61. The maximum Gasteiger partial charge on any atom is 0.342 e. The van der Waals surface area contributed by atoms with E-state index in [1.165, 1.54) is 6.20 Å². The van der Waals surface area contributed by atoms with Gasteiger partial charge in [0.1, 0.15) is 5.56 Å². The summed E-state index contributed by atoms with van der Waals surface area (Å²) in [6, 6.07) is 5.62. The molecule has 0 saturated heterocycles. The average Bonchev–Trinajstić information content (AvgIpc) is 3.26. The Hall–Kier alpha value is -2.34. The number of nitrogens with two attached hydrogens (primary N) is 1. The van der Waals surface area contributed by atoms with Crippen LogP contribution in [0.3, 0.4) is 0 Å². The van der Waals surface area contributed by atoms with E-state index < -0.39 is 18.5 Å². The largest absolute Gasteiger partial charge is 0.452 e. The van der Waals surface area contributed by atoms with Gasteiger partial charge in [-0.3, -0.25) is 4.79 Å². The van der Waals surface area contributed by atoms with Crippen LogP contribution in [0.4, 0.5) is 0 Å². The van der Waals surface area contributed by atoms with Crippen LogP contribution in [0, 0.1) is 6.92 Å². The molecule has 0 unspecified atom stereocenters. The quantitative estimate of drug-likeness (QED) is 0.851. The van der Waals surface area contributed by atoms with Crippen LogP contribution in [-0.2, 0) is 9.53 Å². The van der Waals surface area contributed by atoms with E-state index in [9.17, 15) is 9.59 Å². The van der Waals surface area contributed by atoms with E-state index in [1.54, 1.807) is 4.68 Å². The van der Waals surface area contributed by atoms with Crippen LogP contribution in [-0.4, -0.2) is 28.3 Å². The Bertz CT molecular complexity index is 781. The van der Waals surface area contributed by atoms with E-state index in [2.05, 4.69) is 5.10 Å². The molecule has 2 N–H and O–H groups in total. The molecule has 1 aliphatic carbocycles. The van der Waals surface area contributed by atoms with Gasteiger partial charge in [-0.05, 0) is 37.5 Å². The Morgan fingerprint density at radius 2 is 2.17 bits per heavy atom. The van der Waals surface area contributed by atoms with Crippen LogP contribution in [0.15, 0.2) is 24.4 Å². The van der Waals surface area contributed by atoms with E-state index in [1.807, 2.05) is 25.1 Å². The molecule has 0 spiro atoms. The third kappa shape index (κ3) is 3.22. The number of hydrogen-bond donors (Lipinski definition) is 1. The van der Waals surface area contributed by atoms with Crippen molar-refractivity contribution in [2.75, 3.05) is 6.61 Å². The molecule has 1 aromatic carbocycles. The van der Waals surface area contributed by atoms with Crippen LogP contribution in [0.25, 0.3) is 5.69 Å². The van der Waals surface area contributed by atoms with Crippen molar-refractivity contribution in [1.29, 1.82) is 0 Å². The van der Waals surface area contributed by atoms with Crippen molar-refractivity contribution in [3.8, 4) is 5.69 Å². The van der Waals surface area contributed by atoms with Crippen molar-refractivity contribution < 1.29 is 14.3 Å². The molecule has 6 nitrogen and oxygen atoms in total. The first-order valence-electron chi connectivity index (χ1n) is 7.27. The van der Waals surface area contributed by atoms with Gasteiger partial charge in [-0.15, -0.1) is 0 Å². The first-order valence-corrected chi connectivity index (χ1v) is 7.65. The van der Waals surface area contributed by atoms with Gasteiger partial charge in [0.15, 0.2) is 6.61 Å². The number of nitrogens with zero attached hydrogens (tertiary/aromatic N) is 2. The van der Waals surface area contributed by atoms with Crippen molar-refractivity contribution >= 4 is 23.5 Å². The van der Waals surface area contributed by atoms with E-state index >= 15 is 0 Å². The Balaban J connectivity index is 1.97. The highest BCUT2D eigenvalue weighted by Gasteiger charge is 2.33. The van der Waals surface area contributed by atoms with Crippen LogP contribution in [0.2, 0.25) is 5.02 Å². The zero-order valence-corrected chi connectivity index (χ0v) is 13.3. The second kappa shape index (κ2) is 6.04. The average molecular weight is 334 g/mol. The summed E-state index contributed by atoms with van der Waals surface area (Å²) in [6.45, 7) is 1.48. The highest BCUT2D eigenvalue weighted by Crippen LogP contribution is 2.42. The molecular weight excluding hydrogens is 318 g/mol. The molecule has 1 aromatic heterocycles. The number of rotatable bonds is 5. The molecule has 2 aromatic rings. The Kier molecular flexibility index (Phi) is 4.09. The lowest BCUT2D eigenvalue weighted by molar-refractivity contribution is -0.121. The number of primary amides is 1. The van der Waals surface area contributed by atoms with Crippen molar-refractivity contribution in [2.24, 2.45) is 5.73 Å². The lowest BCUT2D eigenvalue weighted by Crippen LogP contribution is -2.21. The number of benzene rings is 1. The summed E-state index contributed by atoms with van der Waals surface area (Å²) in [4.78, 5) is 22.9. The number of ether oxygens (including phenoxy) is 1. The molecule has 1 heterocycles. The maximum absolute atomic E-state index is 12.2. The zero-order chi connectivity index (χ0) is 16.6. The van der Waals surface area contributed by atoms with Gasteiger partial charge in [-0.25, -0.2) is 9.48 Å². The number of amides is 1. The second-order valence-corrected chi connectivity index (χ2v) is 6.01. The number of hydrogen-bond acceptors (Lipinski definition) is 4. The fourth-order valence-electron chi connectivity index (χ4n) is 2.40. The lowest BCUT2D eigenvalue weighted by atomic mass is 10.1. The SMILES string of the molecule is Cc1ccc(-n2ncc(C(=O)OCC(N)=O)c2C2CC2)cc1Cl. The monoisotopic (exact) mass is 333 g/mol. The van der Waals surface area contributed by atoms with Crippen molar-refractivity contribution in [3.63, 3.8) is 0 Å². The van der Waals surface area contributed by atoms with E-state index in [-0.39, 0.29) is 5.92 Å². The highest BCUT2D eigenvalue weighted by atomic mass is 35.5. The summed E-state index contributed by atoms with van der Waals surface area (Å²) in [5.41, 5.74) is 7.92. The van der Waals surface area contributed by atoms with Gasteiger partial charge in [0, 0.05) is 10.9 Å². The summed E-state index contributed by atoms with van der Waals surface area (Å²) >= 11 is 6.18. The van der Waals surface area contributed by atoms with E-state index in [4.69, 9.17) is 22.1 Å². The van der Waals surface area contributed by atoms with Gasteiger partial charge >= 0.3 is 5.97 Å². The summed E-state index contributed by atoms with van der Waals surface area (Å²) in [6.07, 6.45) is 3.44. The molecule has 1 aliphatic rings. The minimum Gasteiger partial charge on any atom is -0.452 e. The van der Waals surface area contributed by atoms with Crippen LogP contribution >= 0.6 is 11.6 Å². The topological polar surface area (TPSA) is 87.2 Å². The first kappa shape index (κ1) is 15.6. The molecule has 0 radical (unpaired) electrons. The molecule has 0 bridgehead atoms. The number of carbonyl (C=O) groups excluding carboxylic acids is 2. The van der Waals surface area contributed by atoms with Gasteiger partial charge in [0.05, 0.1) is 17.6 Å². The number of esters is 1. The third-order valence-electron chi connectivity index (χ3n) is 3.74. The molecule has 120 valence electrons. The molecule has 0 aliphatic heterocycles. The number of aromatic nitrogens is 2. The van der Waals surface area contributed by atoms with Gasteiger partial charge in [-0.2, -0.15) is 5.10 Å². The smallest absolute Gasteiger partial charge is 0.342 e. The Labute approximate surface area is 138 Å².